The van der Waals surface area contributed by atoms with Gasteiger partial charge in [-0.25, -0.2) is 9.78 Å². The highest BCUT2D eigenvalue weighted by Crippen LogP contribution is 2.35. The van der Waals surface area contributed by atoms with E-state index in [1.807, 2.05) is 19.9 Å². The predicted molar refractivity (Wildman–Crippen MR) is 82.4 cm³/mol. The highest BCUT2D eigenvalue weighted by atomic mass is 32.1. The molecule has 0 fully saturated rings. The molecule has 0 spiro atoms. The number of hydrogen-bond acceptors (Lipinski definition) is 5. The summed E-state index contributed by atoms with van der Waals surface area (Å²) in [6, 6.07) is 6.17. The van der Waals surface area contributed by atoms with Crippen LogP contribution in [-0.2, 0) is 4.74 Å². The van der Waals surface area contributed by atoms with E-state index in [4.69, 9.17) is 10.5 Å². The number of fused-ring (bicyclic) bond motifs is 2. The van der Waals surface area contributed by atoms with Crippen LogP contribution in [0.15, 0.2) is 18.2 Å². The van der Waals surface area contributed by atoms with Crippen LogP contribution in [0.1, 0.15) is 20.8 Å². The van der Waals surface area contributed by atoms with E-state index in [0.717, 1.165) is 26.7 Å². The Morgan fingerprint density at radius 2 is 2.05 bits per heavy atom. The average Bonchev–Trinajstić information content (AvgIpc) is 2.73. The first-order chi connectivity index (χ1) is 9.51. The highest BCUT2D eigenvalue weighted by Gasteiger charge is 2.18. The lowest BCUT2D eigenvalue weighted by molar-refractivity contribution is 0.0607. The molecule has 102 valence electrons. The lowest BCUT2D eigenvalue weighted by atomic mass is 10.1. The maximum absolute atomic E-state index is 11.7. The monoisotopic (exact) mass is 286 g/mol. The van der Waals surface area contributed by atoms with E-state index in [0.29, 0.717) is 10.6 Å². The summed E-state index contributed by atoms with van der Waals surface area (Å²) >= 11 is 1.27. The molecular weight excluding hydrogens is 272 g/mol. The Balaban J connectivity index is 2.38. The zero-order chi connectivity index (χ0) is 14.4. The van der Waals surface area contributed by atoms with Gasteiger partial charge in [-0.05, 0) is 31.5 Å². The van der Waals surface area contributed by atoms with Crippen molar-refractivity contribution in [2.24, 2.45) is 0 Å². The number of aromatic nitrogens is 1. The van der Waals surface area contributed by atoms with Crippen molar-refractivity contribution in [3.05, 3.63) is 34.2 Å². The van der Waals surface area contributed by atoms with Gasteiger partial charge in [-0.2, -0.15) is 0 Å². The summed E-state index contributed by atoms with van der Waals surface area (Å²) in [5.41, 5.74) is 9.74. The minimum Gasteiger partial charge on any atom is -0.465 e. The van der Waals surface area contributed by atoms with Crippen LogP contribution >= 0.6 is 11.3 Å². The number of methoxy groups -OCH3 is 1. The number of esters is 1. The van der Waals surface area contributed by atoms with Gasteiger partial charge < -0.3 is 10.5 Å². The Bertz CT molecular complexity index is 852. The lowest BCUT2D eigenvalue weighted by Gasteiger charge is -2.04. The third-order valence-electron chi connectivity index (χ3n) is 3.32. The molecule has 2 N–H and O–H groups in total. The number of rotatable bonds is 1. The lowest BCUT2D eigenvalue weighted by Crippen LogP contribution is -2.01. The second-order valence-corrected chi connectivity index (χ2v) is 5.83. The number of ether oxygens (including phenoxy) is 1. The number of nitrogens with zero attached hydrogens (tertiary/aromatic N) is 1. The van der Waals surface area contributed by atoms with E-state index in [-0.39, 0.29) is 0 Å². The Morgan fingerprint density at radius 3 is 2.75 bits per heavy atom. The smallest absolute Gasteiger partial charge is 0.350 e. The molecule has 4 nitrogen and oxygen atoms in total. The van der Waals surface area contributed by atoms with Crippen LogP contribution in [0.25, 0.3) is 21.1 Å². The molecule has 0 unspecified atom stereocenters. The Hall–Kier alpha value is -2.14. The van der Waals surface area contributed by atoms with Crippen LogP contribution in [0.5, 0.6) is 0 Å². The summed E-state index contributed by atoms with van der Waals surface area (Å²) < 4.78 is 4.75. The Kier molecular flexibility index (Phi) is 2.87. The topological polar surface area (TPSA) is 65.2 Å². The minimum absolute atomic E-state index is 0.414. The van der Waals surface area contributed by atoms with E-state index in [1.165, 1.54) is 24.0 Å². The van der Waals surface area contributed by atoms with Crippen LogP contribution in [0, 0.1) is 13.8 Å². The van der Waals surface area contributed by atoms with Crippen molar-refractivity contribution >= 4 is 44.1 Å². The van der Waals surface area contributed by atoms with Gasteiger partial charge in [-0.1, -0.05) is 11.6 Å². The molecule has 1 aromatic carbocycles. The van der Waals surface area contributed by atoms with Crippen molar-refractivity contribution in [1.82, 2.24) is 4.98 Å². The standard InChI is InChI=1S/C15H14N2O2S/c1-7-4-8(2)12-9(5-7)6-10-11(16)13(15(18)19-3)20-14(10)17-12/h4-6H,16H2,1-3H3. The minimum atomic E-state index is -0.414. The molecule has 0 bridgehead atoms. The predicted octanol–water partition coefficient (Wildman–Crippen LogP) is 3.44. The summed E-state index contributed by atoms with van der Waals surface area (Å²) in [5, 5.41) is 1.85. The number of anilines is 1. The molecule has 0 aliphatic rings. The first-order valence-electron chi connectivity index (χ1n) is 6.19. The summed E-state index contributed by atoms with van der Waals surface area (Å²) in [6.07, 6.45) is 0. The van der Waals surface area contributed by atoms with Crippen molar-refractivity contribution in [3.63, 3.8) is 0 Å². The number of pyridine rings is 1. The van der Waals surface area contributed by atoms with Gasteiger partial charge in [0.15, 0.2) is 0 Å². The number of thiophene rings is 1. The maximum atomic E-state index is 11.7. The number of nitrogens with two attached hydrogens (primary N) is 1. The molecule has 0 saturated carbocycles. The Morgan fingerprint density at radius 1 is 1.30 bits per heavy atom. The maximum Gasteiger partial charge on any atom is 0.350 e. The molecule has 2 heterocycles. The number of hydrogen-bond donors (Lipinski definition) is 1. The molecule has 2 aromatic heterocycles. The van der Waals surface area contributed by atoms with E-state index >= 15 is 0 Å². The molecular formula is C15H14N2O2S. The SMILES string of the molecule is COC(=O)c1sc2nc3c(C)cc(C)cc3cc2c1N. The molecule has 0 atom stereocenters. The molecule has 3 aromatic rings. The largest absolute Gasteiger partial charge is 0.465 e. The number of carbonyl (C=O) groups is 1. The zero-order valence-corrected chi connectivity index (χ0v) is 12.3. The first-order valence-corrected chi connectivity index (χ1v) is 7.01. The molecule has 3 rings (SSSR count). The van der Waals surface area contributed by atoms with Gasteiger partial charge in [0.25, 0.3) is 0 Å². The van der Waals surface area contributed by atoms with Gasteiger partial charge >= 0.3 is 5.97 Å². The first kappa shape index (κ1) is 12.9. The van der Waals surface area contributed by atoms with Crippen LogP contribution < -0.4 is 5.73 Å². The molecule has 0 amide bonds. The van der Waals surface area contributed by atoms with Crippen LogP contribution in [0.4, 0.5) is 5.69 Å². The molecule has 0 aliphatic heterocycles. The van der Waals surface area contributed by atoms with E-state index in [2.05, 4.69) is 17.1 Å². The van der Waals surface area contributed by atoms with Crippen LogP contribution in [0.2, 0.25) is 0 Å². The van der Waals surface area contributed by atoms with Crippen molar-refractivity contribution in [2.45, 2.75) is 13.8 Å². The van der Waals surface area contributed by atoms with Crippen LogP contribution in [0.3, 0.4) is 0 Å². The third-order valence-corrected chi connectivity index (χ3v) is 4.42. The second-order valence-electron chi connectivity index (χ2n) is 4.83. The average molecular weight is 286 g/mol. The van der Waals surface area contributed by atoms with Gasteiger partial charge in [0.2, 0.25) is 0 Å². The molecule has 0 aliphatic carbocycles. The van der Waals surface area contributed by atoms with Crippen LogP contribution in [-0.4, -0.2) is 18.1 Å². The van der Waals surface area contributed by atoms with Crippen molar-refractivity contribution in [3.8, 4) is 0 Å². The van der Waals surface area contributed by atoms with Crippen molar-refractivity contribution in [2.75, 3.05) is 12.8 Å². The van der Waals surface area contributed by atoms with E-state index < -0.39 is 5.97 Å². The summed E-state index contributed by atoms with van der Waals surface area (Å²) in [5.74, 6) is -0.414. The highest BCUT2D eigenvalue weighted by molar-refractivity contribution is 7.21. The quantitative estimate of drug-likeness (QED) is 0.696. The van der Waals surface area contributed by atoms with Gasteiger partial charge in [-0.3, -0.25) is 0 Å². The Labute approximate surface area is 120 Å². The summed E-state index contributed by atoms with van der Waals surface area (Å²) in [4.78, 5) is 17.5. The van der Waals surface area contributed by atoms with Crippen molar-refractivity contribution < 1.29 is 9.53 Å². The van der Waals surface area contributed by atoms with Crippen molar-refractivity contribution in [1.29, 1.82) is 0 Å². The van der Waals surface area contributed by atoms with Gasteiger partial charge in [-0.15, -0.1) is 11.3 Å². The summed E-state index contributed by atoms with van der Waals surface area (Å²) in [6.45, 7) is 4.08. The van der Waals surface area contributed by atoms with E-state index in [1.54, 1.807) is 0 Å². The molecule has 0 saturated heterocycles. The second kappa shape index (κ2) is 4.45. The number of carbonyl (C=O) groups excluding carboxylic acids is 1. The fourth-order valence-electron chi connectivity index (χ4n) is 2.42. The number of benzene rings is 1. The molecule has 0 radical (unpaired) electrons. The summed E-state index contributed by atoms with van der Waals surface area (Å²) in [7, 11) is 1.35. The van der Waals surface area contributed by atoms with Gasteiger partial charge in [0.05, 0.1) is 18.3 Å². The van der Waals surface area contributed by atoms with E-state index in [9.17, 15) is 4.79 Å². The fourth-order valence-corrected chi connectivity index (χ4v) is 3.42. The number of aryl methyl sites for hydroxylation is 2. The van der Waals surface area contributed by atoms with Gasteiger partial charge in [0, 0.05) is 10.8 Å². The van der Waals surface area contributed by atoms with Gasteiger partial charge in [0.1, 0.15) is 9.71 Å². The fraction of sp³-hybridized carbons (Fsp3) is 0.200. The number of nitrogen functional groups attached to an aromatic ring is 1. The zero-order valence-electron chi connectivity index (χ0n) is 11.5. The molecule has 5 heteroatoms. The molecule has 20 heavy (non-hydrogen) atoms. The third kappa shape index (κ3) is 1.82. The normalized spacial score (nSPS) is 11.2.